The van der Waals surface area contributed by atoms with E-state index in [1.807, 2.05) is 48.5 Å². The van der Waals surface area contributed by atoms with Gasteiger partial charge in [0.25, 0.3) is 5.91 Å². The molecule has 4 aromatic rings. The van der Waals surface area contributed by atoms with Crippen LogP contribution in [-0.2, 0) is 10.0 Å². The first-order chi connectivity index (χ1) is 16.9. The molecular formula is C25H26N4O4S2. The molecule has 0 spiro atoms. The van der Waals surface area contributed by atoms with Crippen molar-refractivity contribution in [2.45, 2.75) is 11.3 Å². The summed E-state index contributed by atoms with van der Waals surface area (Å²) in [4.78, 5) is 12.7. The molecule has 3 N–H and O–H groups in total. The molecule has 1 heterocycles. The third kappa shape index (κ3) is 5.79. The van der Waals surface area contributed by atoms with Gasteiger partial charge in [0.15, 0.2) is 0 Å². The zero-order valence-electron chi connectivity index (χ0n) is 19.4. The van der Waals surface area contributed by atoms with Gasteiger partial charge in [0.1, 0.15) is 11.6 Å². The van der Waals surface area contributed by atoms with Crippen LogP contribution in [0.15, 0.2) is 71.6 Å². The second-order valence-electron chi connectivity index (χ2n) is 7.74. The maximum absolute atomic E-state index is 12.5. The Bertz CT molecular complexity index is 1420. The summed E-state index contributed by atoms with van der Waals surface area (Å²) in [5.41, 5.74) is 2.67. The third-order valence-electron chi connectivity index (χ3n) is 5.52. The van der Waals surface area contributed by atoms with Gasteiger partial charge in [0.2, 0.25) is 10.0 Å². The number of nitrogens with zero attached hydrogens (tertiary/aromatic N) is 1. The summed E-state index contributed by atoms with van der Waals surface area (Å²) in [7, 11) is -0.507. The topological polar surface area (TPSA) is 109 Å². The number of benzene rings is 3. The van der Waals surface area contributed by atoms with Crippen molar-refractivity contribution >= 4 is 43.4 Å². The van der Waals surface area contributed by atoms with Crippen molar-refractivity contribution < 1.29 is 17.9 Å². The van der Waals surface area contributed by atoms with Crippen molar-refractivity contribution in [3.05, 3.63) is 72.3 Å². The van der Waals surface area contributed by atoms with Crippen molar-refractivity contribution in [3.8, 4) is 16.9 Å². The number of hydrogen-bond donors (Lipinski definition) is 3. The van der Waals surface area contributed by atoms with E-state index in [1.54, 1.807) is 25.3 Å². The SMILES string of the molecule is CNS(=O)(=O)c1ccc2snc(NCCCNC(=O)c3ccc(-c4ccc(OC)cc4)cc3)c2c1. The molecule has 0 atom stereocenters. The Morgan fingerprint density at radius 1 is 0.971 bits per heavy atom. The molecule has 0 fully saturated rings. The summed E-state index contributed by atoms with van der Waals surface area (Å²) < 4.78 is 37.0. The van der Waals surface area contributed by atoms with Gasteiger partial charge < -0.3 is 15.4 Å². The highest BCUT2D eigenvalue weighted by Gasteiger charge is 2.14. The van der Waals surface area contributed by atoms with E-state index in [4.69, 9.17) is 4.74 Å². The number of ether oxygens (including phenoxy) is 1. The minimum absolute atomic E-state index is 0.132. The lowest BCUT2D eigenvalue weighted by Crippen LogP contribution is -2.25. The van der Waals surface area contributed by atoms with E-state index in [0.29, 0.717) is 30.9 Å². The Morgan fingerprint density at radius 2 is 1.66 bits per heavy atom. The minimum Gasteiger partial charge on any atom is -0.497 e. The van der Waals surface area contributed by atoms with Crippen molar-refractivity contribution in [2.24, 2.45) is 0 Å². The molecule has 10 heteroatoms. The number of sulfonamides is 1. The molecule has 3 aromatic carbocycles. The average Bonchev–Trinajstić information content (AvgIpc) is 3.30. The number of methoxy groups -OCH3 is 1. The number of carbonyl (C=O) groups excluding carboxylic acids is 1. The lowest BCUT2D eigenvalue weighted by atomic mass is 10.0. The smallest absolute Gasteiger partial charge is 0.251 e. The highest BCUT2D eigenvalue weighted by Crippen LogP contribution is 2.29. The Hall–Kier alpha value is -3.47. The number of nitrogens with one attached hydrogen (secondary N) is 3. The van der Waals surface area contributed by atoms with Crippen LogP contribution in [0.4, 0.5) is 5.82 Å². The molecule has 182 valence electrons. The van der Waals surface area contributed by atoms with Gasteiger partial charge in [-0.2, -0.15) is 4.37 Å². The molecule has 4 rings (SSSR count). The normalized spacial score (nSPS) is 11.4. The quantitative estimate of drug-likeness (QED) is 0.277. The summed E-state index contributed by atoms with van der Waals surface area (Å²) in [6.45, 7) is 1.08. The summed E-state index contributed by atoms with van der Waals surface area (Å²) in [6, 6.07) is 20.2. The number of anilines is 1. The first-order valence-corrected chi connectivity index (χ1v) is 13.3. The number of aromatic nitrogens is 1. The van der Waals surface area contributed by atoms with E-state index < -0.39 is 10.0 Å². The number of hydrogen-bond acceptors (Lipinski definition) is 7. The molecule has 35 heavy (non-hydrogen) atoms. The van der Waals surface area contributed by atoms with E-state index in [0.717, 1.165) is 27.0 Å². The molecule has 0 unspecified atom stereocenters. The molecule has 0 radical (unpaired) electrons. The van der Waals surface area contributed by atoms with Gasteiger partial charge in [-0.1, -0.05) is 24.3 Å². The van der Waals surface area contributed by atoms with Gasteiger partial charge in [-0.25, -0.2) is 13.1 Å². The lowest BCUT2D eigenvalue weighted by Gasteiger charge is -2.08. The minimum atomic E-state index is -3.52. The standard InChI is InChI=1S/C25H26N4O4S2/c1-26-35(31,32)21-12-13-23-22(16-21)24(29-34-23)27-14-3-15-28-25(30)19-6-4-17(5-7-19)18-8-10-20(33-2)11-9-18/h4-13,16,26H,3,14-15H2,1-2H3,(H,27,29)(H,28,30). The van der Waals surface area contributed by atoms with Gasteiger partial charge >= 0.3 is 0 Å². The van der Waals surface area contributed by atoms with Crippen molar-refractivity contribution in [2.75, 3.05) is 32.6 Å². The van der Waals surface area contributed by atoms with Crippen LogP contribution in [-0.4, -0.2) is 45.9 Å². The predicted octanol–water partition coefficient (Wildman–Crippen LogP) is 4.11. The second kappa shape index (κ2) is 10.9. The van der Waals surface area contributed by atoms with Crippen LogP contribution in [0.5, 0.6) is 5.75 Å². The van der Waals surface area contributed by atoms with Crippen LogP contribution < -0.4 is 20.1 Å². The van der Waals surface area contributed by atoms with E-state index in [1.165, 1.54) is 18.6 Å². The molecule has 0 saturated heterocycles. The van der Waals surface area contributed by atoms with Crippen LogP contribution in [0.2, 0.25) is 0 Å². The summed E-state index contributed by atoms with van der Waals surface area (Å²) in [5.74, 6) is 1.31. The molecule has 1 amide bonds. The first kappa shape index (κ1) is 24.6. The molecule has 8 nitrogen and oxygen atoms in total. The maximum atomic E-state index is 12.5. The summed E-state index contributed by atoms with van der Waals surface area (Å²) in [5, 5.41) is 6.92. The number of rotatable bonds is 10. The van der Waals surface area contributed by atoms with Crippen LogP contribution >= 0.6 is 11.5 Å². The maximum Gasteiger partial charge on any atom is 0.251 e. The number of fused-ring (bicyclic) bond motifs is 1. The van der Waals surface area contributed by atoms with Crippen LogP contribution in [0.25, 0.3) is 21.2 Å². The first-order valence-electron chi connectivity index (χ1n) is 11.0. The third-order valence-corrected chi connectivity index (χ3v) is 7.76. The number of carbonyl (C=O) groups is 1. The van der Waals surface area contributed by atoms with Gasteiger partial charge in [-0.05, 0) is 78.6 Å². The van der Waals surface area contributed by atoms with E-state index in [-0.39, 0.29) is 10.8 Å². The zero-order valence-corrected chi connectivity index (χ0v) is 21.0. The van der Waals surface area contributed by atoms with Gasteiger partial charge in [0, 0.05) is 24.0 Å². The van der Waals surface area contributed by atoms with E-state index in [2.05, 4.69) is 19.7 Å². The van der Waals surface area contributed by atoms with Crippen molar-refractivity contribution in [1.82, 2.24) is 14.4 Å². The molecule has 0 bridgehead atoms. The van der Waals surface area contributed by atoms with Crippen LogP contribution in [0.1, 0.15) is 16.8 Å². The summed E-state index contributed by atoms with van der Waals surface area (Å²) in [6.07, 6.45) is 0.684. The molecule has 0 saturated carbocycles. The van der Waals surface area contributed by atoms with Crippen LogP contribution in [0.3, 0.4) is 0 Å². The molecule has 0 aliphatic carbocycles. The van der Waals surface area contributed by atoms with Crippen molar-refractivity contribution in [3.63, 3.8) is 0 Å². The molecule has 0 aliphatic rings. The van der Waals surface area contributed by atoms with Crippen LogP contribution in [0, 0.1) is 0 Å². The Morgan fingerprint density at radius 3 is 2.31 bits per heavy atom. The van der Waals surface area contributed by atoms with Gasteiger partial charge in [-0.3, -0.25) is 4.79 Å². The van der Waals surface area contributed by atoms with Crippen molar-refractivity contribution in [1.29, 1.82) is 0 Å². The highest BCUT2D eigenvalue weighted by atomic mass is 32.2. The highest BCUT2D eigenvalue weighted by molar-refractivity contribution is 7.89. The molecule has 0 aliphatic heterocycles. The Labute approximate surface area is 208 Å². The van der Waals surface area contributed by atoms with E-state index in [9.17, 15) is 13.2 Å². The molecule has 1 aromatic heterocycles. The second-order valence-corrected chi connectivity index (χ2v) is 10.4. The zero-order chi connectivity index (χ0) is 24.8. The Balaban J connectivity index is 1.28. The van der Waals surface area contributed by atoms with E-state index >= 15 is 0 Å². The monoisotopic (exact) mass is 510 g/mol. The predicted molar refractivity (Wildman–Crippen MR) is 140 cm³/mol. The summed E-state index contributed by atoms with van der Waals surface area (Å²) >= 11 is 1.30. The largest absolute Gasteiger partial charge is 0.497 e. The fourth-order valence-electron chi connectivity index (χ4n) is 3.53. The lowest BCUT2D eigenvalue weighted by molar-refractivity contribution is 0.0953. The fraction of sp³-hybridized carbons (Fsp3) is 0.200. The Kier molecular flexibility index (Phi) is 7.64. The molecular weight excluding hydrogens is 484 g/mol. The number of amides is 1. The van der Waals surface area contributed by atoms with Gasteiger partial charge in [-0.15, -0.1) is 0 Å². The average molecular weight is 511 g/mol. The fourth-order valence-corrected chi connectivity index (χ4v) is 5.02. The van der Waals surface area contributed by atoms with Gasteiger partial charge in [0.05, 0.1) is 16.7 Å².